The fourth-order valence-electron chi connectivity index (χ4n) is 9.95. The lowest BCUT2D eigenvalue weighted by atomic mass is 9.42. The minimum Gasteiger partial charge on any atom is -0.350 e. The van der Waals surface area contributed by atoms with Crippen LogP contribution in [0.15, 0.2) is 12.2 Å². The van der Waals surface area contributed by atoms with Crippen LogP contribution < -0.4 is 0 Å². The zero-order valence-corrected chi connectivity index (χ0v) is 21.9. The van der Waals surface area contributed by atoms with E-state index < -0.39 is 5.79 Å². The summed E-state index contributed by atoms with van der Waals surface area (Å²) in [6.07, 6.45) is 17.6. The molecule has 0 unspecified atom stereocenters. The molecule has 5 rings (SSSR count). The number of ether oxygens (including phenoxy) is 2. The van der Waals surface area contributed by atoms with Crippen molar-refractivity contribution >= 4 is 12.1 Å². The van der Waals surface area contributed by atoms with E-state index in [0.717, 1.165) is 51.4 Å². The molecule has 0 aromatic rings. The van der Waals surface area contributed by atoms with Gasteiger partial charge in [-0.15, -0.1) is 0 Å². The third-order valence-electron chi connectivity index (χ3n) is 11.4. The van der Waals surface area contributed by atoms with Gasteiger partial charge in [-0.25, -0.2) is 0 Å². The molecule has 0 aromatic heterocycles. The van der Waals surface area contributed by atoms with Crippen LogP contribution in [0.5, 0.6) is 0 Å². The maximum absolute atomic E-state index is 12.8. The number of fused-ring (bicyclic) bond motifs is 5. The highest BCUT2D eigenvalue weighted by atomic mass is 16.7. The molecule has 0 saturated heterocycles. The lowest BCUT2D eigenvalue weighted by Crippen LogP contribution is -2.61. The van der Waals surface area contributed by atoms with E-state index in [4.69, 9.17) is 9.47 Å². The molecule has 0 amide bonds. The minimum atomic E-state index is -0.444. The Morgan fingerprint density at radius 2 is 1.79 bits per heavy atom. The van der Waals surface area contributed by atoms with Crippen molar-refractivity contribution in [3.63, 3.8) is 0 Å². The van der Waals surface area contributed by atoms with Crippen LogP contribution in [0.25, 0.3) is 0 Å². The van der Waals surface area contributed by atoms with Crippen LogP contribution in [-0.4, -0.2) is 30.1 Å². The first kappa shape index (κ1) is 24.7. The van der Waals surface area contributed by atoms with E-state index in [9.17, 15) is 9.59 Å². The van der Waals surface area contributed by atoms with Crippen molar-refractivity contribution in [1.82, 2.24) is 0 Å². The lowest BCUT2D eigenvalue weighted by molar-refractivity contribution is -0.299. The highest BCUT2D eigenvalue weighted by Gasteiger charge is 2.68. The van der Waals surface area contributed by atoms with Gasteiger partial charge in [0, 0.05) is 43.1 Å². The van der Waals surface area contributed by atoms with Crippen LogP contribution in [0, 0.1) is 40.4 Å². The summed E-state index contributed by atoms with van der Waals surface area (Å²) < 4.78 is 13.6. The molecule has 5 fully saturated rings. The van der Waals surface area contributed by atoms with Crippen molar-refractivity contribution in [3.05, 3.63) is 12.2 Å². The first-order valence-corrected chi connectivity index (χ1v) is 14.2. The summed E-state index contributed by atoms with van der Waals surface area (Å²) in [6.45, 7) is 9.81. The van der Waals surface area contributed by atoms with Gasteiger partial charge in [0.25, 0.3) is 0 Å². The van der Waals surface area contributed by atoms with E-state index in [0.29, 0.717) is 48.9 Å². The fraction of sp³-hybridized carbons (Fsp3) is 0.867. The van der Waals surface area contributed by atoms with Gasteiger partial charge in [-0.3, -0.25) is 4.79 Å². The van der Waals surface area contributed by atoms with E-state index >= 15 is 0 Å². The lowest BCUT2D eigenvalue weighted by Gasteiger charge is -2.62. The molecule has 8 atom stereocenters. The average Bonchev–Trinajstić information content (AvgIpc) is 3.37. The fourth-order valence-corrected chi connectivity index (χ4v) is 9.95. The van der Waals surface area contributed by atoms with Gasteiger partial charge in [0.1, 0.15) is 12.1 Å². The highest BCUT2D eigenvalue weighted by molar-refractivity contribution is 5.82. The molecule has 5 aliphatic carbocycles. The van der Waals surface area contributed by atoms with Gasteiger partial charge in [-0.2, -0.15) is 0 Å². The minimum absolute atomic E-state index is 0.0447. The van der Waals surface area contributed by atoms with Crippen LogP contribution in [0.2, 0.25) is 0 Å². The molecule has 0 aliphatic heterocycles. The molecular formula is C30H46O4. The number of Topliss-reactive ketones (excluding diaryl/α,β-unsaturated/α-hetero) is 1. The number of hydrogen-bond donors (Lipinski definition) is 0. The summed E-state index contributed by atoms with van der Waals surface area (Å²) in [4.78, 5) is 25.1. The summed E-state index contributed by atoms with van der Waals surface area (Å²) in [5, 5.41) is 0. The maximum Gasteiger partial charge on any atom is 0.169 e. The number of aldehydes is 1. The van der Waals surface area contributed by atoms with Crippen LogP contribution >= 0.6 is 0 Å². The second kappa shape index (κ2) is 8.83. The number of carbonyl (C=O) groups is 2. The Kier molecular flexibility index (Phi) is 6.41. The average molecular weight is 471 g/mol. The maximum atomic E-state index is 12.8. The van der Waals surface area contributed by atoms with Crippen molar-refractivity contribution < 1.29 is 19.1 Å². The van der Waals surface area contributed by atoms with Crippen molar-refractivity contribution in [2.45, 2.75) is 116 Å². The van der Waals surface area contributed by atoms with Crippen molar-refractivity contribution in [2.24, 2.45) is 40.4 Å². The standard InChI is InChI=1S/C30H46O4/c1-5-12-29(34-30(33-6-2)13-7-8-14-30)17-11-24-26-21(3)18-22-19-23(32)9-16-28(22,20-31)25(26)10-15-27(24,29)4/h5,12,20-22,24-26H,6-11,13-19H2,1-4H3/t21-,22+,24+,25+,26+,27+,28-,29+/m1/s1. The Labute approximate surface area is 206 Å². The molecule has 0 spiro atoms. The topological polar surface area (TPSA) is 52.6 Å². The number of allylic oxidation sites excluding steroid dienone is 1. The number of hydrogen-bond acceptors (Lipinski definition) is 4. The van der Waals surface area contributed by atoms with Crippen molar-refractivity contribution in [1.29, 1.82) is 0 Å². The van der Waals surface area contributed by atoms with Crippen LogP contribution in [0.3, 0.4) is 0 Å². The zero-order chi connectivity index (χ0) is 24.2. The molecule has 0 N–H and O–H groups in total. The number of carbonyl (C=O) groups excluding carboxylic acids is 2. The molecule has 190 valence electrons. The van der Waals surface area contributed by atoms with E-state index in [2.05, 4.69) is 39.8 Å². The van der Waals surface area contributed by atoms with Gasteiger partial charge >= 0.3 is 0 Å². The van der Waals surface area contributed by atoms with Gasteiger partial charge in [0.05, 0.1) is 5.60 Å². The third-order valence-corrected chi connectivity index (χ3v) is 11.4. The summed E-state index contributed by atoms with van der Waals surface area (Å²) in [7, 11) is 0. The third kappa shape index (κ3) is 3.44. The largest absolute Gasteiger partial charge is 0.350 e. The Bertz CT molecular complexity index is 828. The van der Waals surface area contributed by atoms with Crippen LogP contribution in [-0.2, 0) is 19.1 Å². The smallest absolute Gasteiger partial charge is 0.169 e. The Hall–Kier alpha value is -1.00. The van der Waals surface area contributed by atoms with E-state index in [-0.39, 0.29) is 22.3 Å². The molecule has 34 heavy (non-hydrogen) atoms. The normalized spacial score (nSPS) is 47.9. The van der Waals surface area contributed by atoms with Crippen molar-refractivity contribution in [2.75, 3.05) is 6.61 Å². The van der Waals surface area contributed by atoms with E-state index in [1.807, 2.05) is 0 Å². The summed E-state index contributed by atoms with van der Waals surface area (Å²) >= 11 is 0. The highest BCUT2D eigenvalue weighted by Crippen LogP contribution is 2.70. The Morgan fingerprint density at radius 1 is 1.06 bits per heavy atom. The quantitative estimate of drug-likeness (QED) is 0.247. The van der Waals surface area contributed by atoms with E-state index in [1.165, 1.54) is 19.1 Å². The summed E-state index contributed by atoms with van der Waals surface area (Å²) in [5.41, 5.74) is -0.537. The van der Waals surface area contributed by atoms with Crippen molar-refractivity contribution in [3.8, 4) is 0 Å². The SMILES string of the molecule is CC=C[C@]1(OC2(OCC)CCCC2)CC[C@H]2[C@@H]3[C@H](C)C[C@H]4CC(=O)CC[C@]4(C=O)[C@H]3CC[C@@]21C. The first-order valence-electron chi connectivity index (χ1n) is 14.2. The van der Waals surface area contributed by atoms with Gasteiger partial charge in [0.2, 0.25) is 0 Å². The molecule has 4 heteroatoms. The Morgan fingerprint density at radius 3 is 2.47 bits per heavy atom. The van der Waals surface area contributed by atoms with Gasteiger partial charge in [-0.05, 0) is 94.8 Å². The van der Waals surface area contributed by atoms with Gasteiger partial charge in [0.15, 0.2) is 5.79 Å². The van der Waals surface area contributed by atoms with Gasteiger partial charge < -0.3 is 14.3 Å². The van der Waals surface area contributed by atoms with Crippen LogP contribution in [0.1, 0.15) is 105 Å². The predicted octanol–water partition coefficient (Wildman–Crippen LogP) is 6.66. The first-order chi connectivity index (χ1) is 16.3. The molecule has 0 radical (unpaired) electrons. The van der Waals surface area contributed by atoms with Gasteiger partial charge in [-0.1, -0.05) is 26.0 Å². The summed E-state index contributed by atoms with van der Waals surface area (Å²) in [6, 6.07) is 0. The molecule has 0 heterocycles. The molecule has 5 aliphatic rings. The molecule has 0 aromatic carbocycles. The molecule has 4 nitrogen and oxygen atoms in total. The number of rotatable bonds is 6. The predicted molar refractivity (Wildman–Crippen MR) is 133 cm³/mol. The molecule has 0 bridgehead atoms. The summed E-state index contributed by atoms with van der Waals surface area (Å²) in [5.74, 6) is 2.23. The zero-order valence-electron chi connectivity index (χ0n) is 21.9. The van der Waals surface area contributed by atoms with E-state index in [1.54, 1.807) is 0 Å². The second-order valence-corrected chi connectivity index (χ2v) is 12.7. The molecular weight excluding hydrogens is 424 g/mol. The number of ketones is 1. The molecule has 5 saturated carbocycles. The van der Waals surface area contributed by atoms with Crippen LogP contribution in [0.4, 0.5) is 0 Å². The monoisotopic (exact) mass is 470 g/mol. The second-order valence-electron chi connectivity index (χ2n) is 12.7. The Balaban J connectivity index is 1.50.